The molecule has 0 unspecified atom stereocenters. The molecule has 1 aliphatic heterocycles. The lowest BCUT2D eigenvalue weighted by molar-refractivity contribution is 0.136. The summed E-state index contributed by atoms with van der Waals surface area (Å²) in [6.07, 6.45) is 1.16. The number of piperazine rings is 1. The quantitative estimate of drug-likeness (QED) is 0.817. The topological polar surface area (TPSA) is 32.5 Å². The van der Waals surface area contributed by atoms with Crippen LogP contribution in [0.25, 0.3) is 0 Å². The van der Waals surface area contributed by atoms with Crippen molar-refractivity contribution in [3.63, 3.8) is 0 Å². The highest BCUT2D eigenvalue weighted by Gasteiger charge is 2.15. The second-order valence-electron chi connectivity index (χ2n) is 4.71. The molecule has 1 heterocycles. The van der Waals surface area contributed by atoms with Crippen molar-refractivity contribution in [3.05, 3.63) is 35.9 Å². The minimum absolute atomic E-state index is 0.782. The molecule has 17 heavy (non-hydrogen) atoms. The van der Waals surface area contributed by atoms with E-state index in [-0.39, 0.29) is 0 Å². The summed E-state index contributed by atoms with van der Waals surface area (Å²) in [6, 6.07) is 10.7. The molecule has 1 fully saturated rings. The molecule has 3 heteroatoms. The fourth-order valence-electron chi connectivity index (χ4n) is 2.35. The first-order chi connectivity index (χ1) is 8.38. The van der Waals surface area contributed by atoms with Gasteiger partial charge in [0.2, 0.25) is 0 Å². The normalized spacial score (nSPS) is 18.4. The van der Waals surface area contributed by atoms with Crippen LogP contribution in [0.2, 0.25) is 0 Å². The minimum Gasteiger partial charge on any atom is -0.329 e. The Morgan fingerprint density at radius 1 is 0.882 bits per heavy atom. The van der Waals surface area contributed by atoms with Gasteiger partial charge in [-0.05, 0) is 12.0 Å². The number of rotatable bonds is 5. The Kier molecular flexibility index (Phi) is 4.98. The van der Waals surface area contributed by atoms with E-state index in [9.17, 15) is 0 Å². The van der Waals surface area contributed by atoms with Gasteiger partial charge in [-0.15, -0.1) is 0 Å². The summed E-state index contributed by atoms with van der Waals surface area (Å²) in [5, 5.41) is 0. The zero-order chi connectivity index (χ0) is 11.9. The molecule has 0 saturated carbocycles. The maximum atomic E-state index is 5.57. The van der Waals surface area contributed by atoms with Gasteiger partial charge in [0.15, 0.2) is 0 Å². The summed E-state index contributed by atoms with van der Waals surface area (Å²) >= 11 is 0. The van der Waals surface area contributed by atoms with E-state index in [4.69, 9.17) is 5.73 Å². The Balaban J connectivity index is 1.68. The fraction of sp³-hybridized carbons (Fsp3) is 0.571. The number of hydrogen-bond donors (Lipinski definition) is 1. The zero-order valence-electron chi connectivity index (χ0n) is 10.5. The van der Waals surface area contributed by atoms with E-state index in [0.29, 0.717) is 0 Å². The van der Waals surface area contributed by atoms with Gasteiger partial charge in [-0.25, -0.2) is 0 Å². The molecule has 2 rings (SSSR count). The van der Waals surface area contributed by atoms with Crippen molar-refractivity contribution in [2.45, 2.75) is 6.42 Å². The van der Waals surface area contributed by atoms with E-state index in [0.717, 1.165) is 19.5 Å². The van der Waals surface area contributed by atoms with Crippen LogP contribution in [0, 0.1) is 0 Å². The Labute approximate surface area is 104 Å². The van der Waals surface area contributed by atoms with Crippen LogP contribution in [0.4, 0.5) is 0 Å². The Bertz CT molecular complexity index is 305. The van der Waals surface area contributed by atoms with Gasteiger partial charge in [0, 0.05) is 45.8 Å². The largest absolute Gasteiger partial charge is 0.329 e. The van der Waals surface area contributed by atoms with E-state index in [2.05, 4.69) is 40.1 Å². The third kappa shape index (κ3) is 4.11. The van der Waals surface area contributed by atoms with Gasteiger partial charge >= 0.3 is 0 Å². The molecular formula is C14H23N3. The van der Waals surface area contributed by atoms with Gasteiger partial charge in [-0.3, -0.25) is 4.90 Å². The Hall–Kier alpha value is -0.900. The molecular weight excluding hydrogens is 210 g/mol. The Morgan fingerprint density at radius 2 is 1.47 bits per heavy atom. The van der Waals surface area contributed by atoms with Crippen LogP contribution < -0.4 is 5.73 Å². The van der Waals surface area contributed by atoms with E-state index in [1.165, 1.54) is 38.3 Å². The molecule has 0 radical (unpaired) electrons. The van der Waals surface area contributed by atoms with Crippen LogP contribution in [0.5, 0.6) is 0 Å². The summed E-state index contributed by atoms with van der Waals surface area (Å²) in [5.41, 5.74) is 7.01. The molecule has 0 bridgehead atoms. The summed E-state index contributed by atoms with van der Waals surface area (Å²) in [4.78, 5) is 5.01. The molecule has 94 valence electrons. The Morgan fingerprint density at radius 3 is 2.06 bits per heavy atom. The van der Waals surface area contributed by atoms with Crippen LogP contribution in [0.3, 0.4) is 0 Å². The SMILES string of the molecule is NCCN1CCN(CCc2ccccc2)CC1. The molecule has 1 aliphatic rings. The number of nitrogens with zero attached hydrogens (tertiary/aromatic N) is 2. The van der Waals surface area contributed by atoms with Crippen molar-refractivity contribution in [2.24, 2.45) is 5.73 Å². The van der Waals surface area contributed by atoms with Crippen molar-refractivity contribution in [1.82, 2.24) is 9.80 Å². The highest BCUT2D eigenvalue weighted by molar-refractivity contribution is 5.14. The first-order valence-electron chi connectivity index (χ1n) is 6.57. The lowest BCUT2D eigenvalue weighted by Crippen LogP contribution is -2.48. The summed E-state index contributed by atoms with van der Waals surface area (Å²) in [5.74, 6) is 0. The predicted molar refractivity (Wildman–Crippen MR) is 72.1 cm³/mol. The zero-order valence-corrected chi connectivity index (χ0v) is 10.5. The highest BCUT2D eigenvalue weighted by Crippen LogP contribution is 2.04. The number of nitrogens with two attached hydrogens (primary N) is 1. The van der Waals surface area contributed by atoms with Gasteiger partial charge in [-0.2, -0.15) is 0 Å². The first kappa shape index (κ1) is 12.6. The second kappa shape index (κ2) is 6.74. The highest BCUT2D eigenvalue weighted by atomic mass is 15.3. The van der Waals surface area contributed by atoms with Crippen LogP contribution in [-0.4, -0.2) is 55.6 Å². The van der Waals surface area contributed by atoms with E-state index >= 15 is 0 Å². The van der Waals surface area contributed by atoms with Crippen LogP contribution in [-0.2, 0) is 6.42 Å². The molecule has 0 spiro atoms. The second-order valence-corrected chi connectivity index (χ2v) is 4.71. The molecule has 2 N–H and O–H groups in total. The number of benzene rings is 1. The number of hydrogen-bond acceptors (Lipinski definition) is 3. The monoisotopic (exact) mass is 233 g/mol. The van der Waals surface area contributed by atoms with Crippen molar-refractivity contribution in [1.29, 1.82) is 0 Å². The smallest absolute Gasteiger partial charge is 0.0110 e. The van der Waals surface area contributed by atoms with Crippen LogP contribution in [0.1, 0.15) is 5.56 Å². The van der Waals surface area contributed by atoms with Gasteiger partial charge in [0.1, 0.15) is 0 Å². The van der Waals surface area contributed by atoms with E-state index < -0.39 is 0 Å². The average Bonchev–Trinajstić information content (AvgIpc) is 2.40. The molecule has 1 aromatic rings. The van der Waals surface area contributed by atoms with Gasteiger partial charge < -0.3 is 10.6 Å². The third-order valence-corrected chi connectivity index (χ3v) is 3.47. The maximum Gasteiger partial charge on any atom is 0.0110 e. The predicted octanol–water partition coefficient (Wildman–Crippen LogP) is 0.805. The van der Waals surface area contributed by atoms with Gasteiger partial charge in [0.25, 0.3) is 0 Å². The minimum atomic E-state index is 0.782. The third-order valence-electron chi connectivity index (χ3n) is 3.47. The molecule has 0 aromatic heterocycles. The van der Waals surface area contributed by atoms with E-state index in [1.807, 2.05) is 0 Å². The maximum absolute atomic E-state index is 5.57. The summed E-state index contributed by atoms with van der Waals surface area (Å²) in [6.45, 7) is 7.73. The van der Waals surface area contributed by atoms with Gasteiger partial charge in [-0.1, -0.05) is 30.3 Å². The molecule has 0 aliphatic carbocycles. The summed E-state index contributed by atoms with van der Waals surface area (Å²) < 4.78 is 0. The van der Waals surface area contributed by atoms with Crippen molar-refractivity contribution in [3.8, 4) is 0 Å². The van der Waals surface area contributed by atoms with Gasteiger partial charge in [0.05, 0.1) is 0 Å². The van der Waals surface area contributed by atoms with Crippen molar-refractivity contribution >= 4 is 0 Å². The molecule has 1 aromatic carbocycles. The molecule has 0 atom stereocenters. The molecule has 0 amide bonds. The summed E-state index contributed by atoms with van der Waals surface area (Å²) in [7, 11) is 0. The molecule has 3 nitrogen and oxygen atoms in total. The van der Waals surface area contributed by atoms with Crippen LogP contribution in [0.15, 0.2) is 30.3 Å². The van der Waals surface area contributed by atoms with Crippen molar-refractivity contribution in [2.75, 3.05) is 45.8 Å². The lowest BCUT2D eigenvalue weighted by atomic mass is 10.1. The molecule has 1 saturated heterocycles. The van der Waals surface area contributed by atoms with Crippen molar-refractivity contribution < 1.29 is 0 Å². The van der Waals surface area contributed by atoms with Crippen LogP contribution >= 0.6 is 0 Å². The van der Waals surface area contributed by atoms with E-state index in [1.54, 1.807) is 0 Å². The standard InChI is InChI=1S/C14H23N3/c15-7-9-17-12-10-16(11-13-17)8-6-14-4-2-1-3-5-14/h1-5H,6-13,15H2. The fourth-order valence-corrected chi connectivity index (χ4v) is 2.35. The first-order valence-corrected chi connectivity index (χ1v) is 6.57. The average molecular weight is 233 g/mol. The lowest BCUT2D eigenvalue weighted by Gasteiger charge is -2.34.